The Morgan fingerprint density at radius 2 is 2.06 bits per heavy atom. The largest absolute Gasteiger partial charge is 0.380 e. The Bertz CT molecular complexity index is 344. The lowest BCUT2D eigenvalue weighted by Gasteiger charge is -2.24. The van der Waals surface area contributed by atoms with Crippen LogP contribution in [0, 0.1) is 0 Å². The molecule has 0 aromatic heterocycles. The summed E-state index contributed by atoms with van der Waals surface area (Å²) in [6.07, 6.45) is 0. The minimum Gasteiger partial charge on any atom is -0.380 e. The van der Waals surface area contributed by atoms with Crippen molar-refractivity contribution in [2.24, 2.45) is 0 Å². The van der Waals surface area contributed by atoms with E-state index in [1.54, 1.807) is 0 Å². The number of rotatable bonds is 7. The number of nitrogens with zero attached hydrogens (tertiary/aromatic N) is 1. The molecule has 0 amide bonds. The van der Waals surface area contributed by atoms with Gasteiger partial charge in [-0.2, -0.15) is 0 Å². The molecule has 1 rings (SSSR count). The average Bonchev–Trinajstić information content (AvgIpc) is 2.35. The quantitative estimate of drug-likeness (QED) is 0.530. The SMILES string of the molecule is CCOCCN(CC)c1ccc(CBr)cc1Br. The smallest absolute Gasteiger partial charge is 0.0641 e. The standard InChI is InChI=1S/C13H19Br2NO/c1-3-16(7-8-17-4-2)13-6-5-11(10-14)9-12(13)15/h5-6,9H,3-4,7-8,10H2,1-2H3. The second-order valence-corrected chi connectivity index (χ2v) is 5.11. The van der Waals surface area contributed by atoms with Crippen LogP contribution in [0.15, 0.2) is 22.7 Å². The number of ether oxygens (including phenoxy) is 1. The van der Waals surface area contributed by atoms with Gasteiger partial charge < -0.3 is 9.64 Å². The van der Waals surface area contributed by atoms with Crippen LogP contribution < -0.4 is 4.90 Å². The first kappa shape index (κ1) is 15.0. The number of halogens is 2. The van der Waals surface area contributed by atoms with E-state index in [0.717, 1.165) is 36.1 Å². The Kier molecular flexibility index (Phi) is 7.16. The van der Waals surface area contributed by atoms with Crippen molar-refractivity contribution in [2.75, 3.05) is 31.2 Å². The lowest BCUT2D eigenvalue weighted by Crippen LogP contribution is -2.27. The molecule has 17 heavy (non-hydrogen) atoms. The highest BCUT2D eigenvalue weighted by molar-refractivity contribution is 9.10. The molecule has 1 aromatic rings. The molecule has 0 heterocycles. The molecule has 0 N–H and O–H groups in total. The molecule has 0 unspecified atom stereocenters. The number of likely N-dealkylation sites (N-methyl/N-ethyl adjacent to an activating group) is 1. The van der Waals surface area contributed by atoms with E-state index >= 15 is 0 Å². The Balaban J connectivity index is 2.73. The minimum atomic E-state index is 0.775. The molecule has 0 saturated heterocycles. The summed E-state index contributed by atoms with van der Waals surface area (Å²) < 4.78 is 6.55. The van der Waals surface area contributed by atoms with Crippen molar-refractivity contribution in [3.05, 3.63) is 28.2 Å². The predicted molar refractivity (Wildman–Crippen MR) is 81.2 cm³/mol. The summed E-state index contributed by atoms with van der Waals surface area (Å²) in [5.41, 5.74) is 2.51. The van der Waals surface area contributed by atoms with Crippen LogP contribution in [0.5, 0.6) is 0 Å². The molecule has 0 spiro atoms. The zero-order chi connectivity index (χ0) is 12.7. The van der Waals surface area contributed by atoms with Gasteiger partial charge in [0.1, 0.15) is 0 Å². The van der Waals surface area contributed by atoms with Gasteiger partial charge in [-0.15, -0.1) is 0 Å². The van der Waals surface area contributed by atoms with Gasteiger partial charge in [0.2, 0.25) is 0 Å². The van der Waals surface area contributed by atoms with Crippen molar-refractivity contribution in [3.8, 4) is 0 Å². The van der Waals surface area contributed by atoms with E-state index in [2.05, 4.69) is 61.9 Å². The van der Waals surface area contributed by atoms with Crippen LogP contribution in [0.3, 0.4) is 0 Å². The van der Waals surface area contributed by atoms with Gasteiger partial charge in [0, 0.05) is 29.5 Å². The van der Waals surface area contributed by atoms with Crippen LogP contribution in [-0.2, 0) is 10.1 Å². The van der Waals surface area contributed by atoms with Crippen LogP contribution in [0.1, 0.15) is 19.4 Å². The van der Waals surface area contributed by atoms with E-state index in [9.17, 15) is 0 Å². The van der Waals surface area contributed by atoms with Gasteiger partial charge in [-0.3, -0.25) is 0 Å². The fourth-order valence-electron chi connectivity index (χ4n) is 1.66. The van der Waals surface area contributed by atoms with Gasteiger partial charge in [-0.25, -0.2) is 0 Å². The number of hydrogen-bond acceptors (Lipinski definition) is 2. The van der Waals surface area contributed by atoms with E-state index < -0.39 is 0 Å². The highest BCUT2D eigenvalue weighted by atomic mass is 79.9. The maximum Gasteiger partial charge on any atom is 0.0641 e. The lowest BCUT2D eigenvalue weighted by atomic mass is 10.2. The summed E-state index contributed by atoms with van der Waals surface area (Å²) in [6.45, 7) is 7.65. The molecule has 0 radical (unpaired) electrons. The molecule has 96 valence electrons. The second-order valence-electron chi connectivity index (χ2n) is 3.70. The average molecular weight is 365 g/mol. The van der Waals surface area contributed by atoms with Gasteiger partial charge in [0.15, 0.2) is 0 Å². The van der Waals surface area contributed by atoms with Crippen molar-refractivity contribution < 1.29 is 4.74 Å². The van der Waals surface area contributed by atoms with Crippen molar-refractivity contribution in [1.29, 1.82) is 0 Å². The molecule has 0 aliphatic heterocycles. The Labute approximate surface area is 121 Å². The fourth-order valence-corrected chi connectivity index (χ4v) is 2.68. The van der Waals surface area contributed by atoms with E-state index in [1.165, 1.54) is 11.3 Å². The predicted octanol–water partition coefficient (Wildman–Crippen LogP) is 4.21. The van der Waals surface area contributed by atoms with Crippen LogP contribution in [0.4, 0.5) is 5.69 Å². The monoisotopic (exact) mass is 363 g/mol. The first-order valence-corrected chi connectivity index (χ1v) is 7.81. The van der Waals surface area contributed by atoms with Gasteiger partial charge in [0.05, 0.1) is 12.3 Å². The number of benzene rings is 1. The van der Waals surface area contributed by atoms with Crippen LogP contribution in [0.25, 0.3) is 0 Å². The van der Waals surface area contributed by atoms with Gasteiger partial charge in [-0.1, -0.05) is 22.0 Å². The van der Waals surface area contributed by atoms with Crippen molar-refractivity contribution in [3.63, 3.8) is 0 Å². The number of anilines is 1. The summed E-state index contributed by atoms with van der Waals surface area (Å²) in [5.74, 6) is 0. The molecular formula is C13H19Br2NO. The normalized spacial score (nSPS) is 10.6. The Morgan fingerprint density at radius 3 is 2.59 bits per heavy atom. The van der Waals surface area contributed by atoms with Crippen molar-refractivity contribution >= 4 is 37.5 Å². The maximum absolute atomic E-state index is 5.41. The minimum absolute atomic E-state index is 0.775. The van der Waals surface area contributed by atoms with Crippen LogP contribution in [0.2, 0.25) is 0 Å². The molecule has 0 bridgehead atoms. The fraction of sp³-hybridized carbons (Fsp3) is 0.538. The topological polar surface area (TPSA) is 12.5 Å². The molecule has 4 heteroatoms. The molecule has 0 fully saturated rings. The molecule has 0 saturated carbocycles. The number of alkyl halides is 1. The van der Waals surface area contributed by atoms with Crippen molar-refractivity contribution in [2.45, 2.75) is 19.2 Å². The Morgan fingerprint density at radius 1 is 1.29 bits per heavy atom. The van der Waals surface area contributed by atoms with Gasteiger partial charge in [-0.05, 0) is 47.5 Å². The van der Waals surface area contributed by atoms with Crippen LogP contribution >= 0.6 is 31.9 Å². The summed E-state index contributed by atoms with van der Waals surface area (Å²) in [6, 6.07) is 6.47. The van der Waals surface area contributed by atoms with E-state index in [0.29, 0.717) is 0 Å². The van der Waals surface area contributed by atoms with E-state index in [4.69, 9.17) is 4.74 Å². The molecule has 0 aliphatic rings. The third-order valence-corrected chi connectivity index (χ3v) is 3.88. The lowest BCUT2D eigenvalue weighted by molar-refractivity contribution is 0.154. The molecule has 0 atom stereocenters. The molecule has 1 aromatic carbocycles. The first-order valence-electron chi connectivity index (χ1n) is 5.90. The third kappa shape index (κ3) is 4.60. The summed E-state index contributed by atoms with van der Waals surface area (Å²) >= 11 is 7.10. The zero-order valence-corrected chi connectivity index (χ0v) is 13.6. The summed E-state index contributed by atoms with van der Waals surface area (Å²) in [7, 11) is 0. The number of hydrogen-bond donors (Lipinski definition) is 0. The van der Waals surface area contributed by atoms with Crippen molar-refractivity contribution in [1.82, 2.24) is 0 Å². The molecular weight excluding hydrogens is 346 g/mol. The summed E-state index contributed by atoms with van der Waals surface area (Å²) in [4.78, 5) is 2.32. The second kappa shape index (κ2) is 8.11. The van der Waals surface area contributed by atoms with Gasteiger partial charge in [0.25, 0.3) is 0 Å². The zero-order valence-electron chi connectivity index (χ0n) is 10.4. The van der Waals surface area contributed by atoms with Gasteiger partial charge >= 0.3 is 0 Å². The Hall–Kier alpha value is -0.0600. The highest BCUT2D eigenvalue weighted by Gasteiger charge is 2.08. The van der Waals surface area contributed by atoms with Crippen LogP contribution in [-0.4, -0.2) is 26.3 Å². The van der Waals surface area contributed by atoms with E-state index in [-0.39, 0.29) is 0 Å². The summed E-state index contributed by atoms with van der Waals surface area (Å²) in [5, 5.41) is 0.886. The first-order chi connectivity index (χ1) is 8.22. The molecule has 2 nitrogen and oxygen atoms in total. The highest BCUT2D eigenvalue weighted by Crippen LogP contribution is 2.27. The third-order valence-electron chi connectivity index (χ3n) is 2.60. The molecule has 0 aliphatic carbocycles. The maximum atomic E-state index is 5.41. The van der Waals surface area contributed by atoms with E-state index in [1.807, 2.05) is 6.92 Å².